The fourth-order valence-corrected chi connectivity index (χ4v) is 5.04. The van der Waals surface area contributed by atoms with Gasteiger partial charge in [0.15, 0.2) is 5.69 Å². The van der Waals surface area contributed by atoms with E-state index in [1.165, 1.54) is 27.0 Å². The molecule has 2 aromatic rings. The number of likely N-dealkylation sites (N-methyl/N-ethyl adjacent to an activating group) is 1. The van der Waals surface area contributed by atoms with Gasteiger partial charge in [-0.15, -0.1) is 11.8 Å². The van der Waals surface area contributed by atoms with E-state index >= 15 is 0 Å². The molecule has 1 saturated carbocycles. The quantitative estimate of drug-likeness (QED) is 0.591. The van der Waals surface area contributed by atoms with Crippen LogP contribution in [0.4, 0.5) is 0 Å². The molecular formula is C25H33N5O3S. The highest BCUT2D eigenvalue weighted by atomic mass is 32.2. The van der Waals surface area contributed by atoms with Crippen molar-refractivity contribution in [3.05, 3.63) is 47.3 Å². The summed E-state index contributed by atoms with van der Waals surface area (Å²) >= 11 is 1.69. The molecule has 0 saturated heterocycles. The summed E-state index contributed by atoms with van der Waals surface area (Å²) in [5.41, 5.74) is 0.581. The molecule has 2 aliphatic rings. The molecule has 34 heavy (non-hydrogen) atoms. The molecule has 2 N–H and O–H groups in total. The van der Waals surface area contributed by atoms with Crippen LogP contribution in [0.5, 0.6) is 0 Å². The Labute approximate surface area is 204 Å². The number of fused-ring (bicyclic) bond motifs is 1. The minimum Gasteiger partial charge on any atom is -0.351 e. The van der Waals surface area contributed by atoms with E-state index < -0.39 is 5.54 Å². The molecule has 1 aromatic carbocycles. The van der Waals surface area contributed by atoms with Crippen LogP contribution in [0.15, 0.2) is 35.2 Å². The number of nitrogens with one attached hydrogen (secondary N) is 2. The van der Waals surface area contributed by atoms with Crippen molar-refractivity contribution in [1.29, 1.82) is 0 Å². The summed E-state index contributed by atoms with van der Waals surface area (Å²) in [5, 5.41) is 10.4. The van der Waals surface area contributed by atoms with Crippen molar-refractivity contribution < 1.29 is 14.4 Å². The van der Waals surface area contributed by atoms with Gasteiger partial charge >= 0.3 is 0 Å². The van der Waals surface area contributed by atoms with Gasteiger partial charge in [0.2, 0.25) is 5.91 Å². The van der Waals surface area contributed by atoms with E-state index in [2.05, 4.69) is 40.0 Å². The number of rotatable bonds is 7. The largest absolute Gasteiger partial charge is 0.351 e. The molecular weight excluding hydrogens is 450 g/mol. The highest BCUT2D eigenvalue weighted by Crippen LogP contribution is 2.27. The molecule has 0 unspecified atom stereocenters. The molecule has 1 aliphatic carbocycles. The minimum absolute atomic E-state index is 0.152. The van der Waals surface area contributed by atoms with Crippen molar-refractivity contribution in [3.63, 3.8) is 0 Å². The summed E-state index contributed by atoms with van der Waals surface area (Å²) in [6, 6.07) is 9.91. The number of carbonyl (C=O) groups is 3. The van der Waals surface area contributed by atoms with Gasteiger partial charge in [-0.05, 0) is 50.1 Å². The third kappa shape index (κ3) is 4.99. The van der Waals surface area contributed by atoms with Crippen LogP contribution in [0.25, 0.3) is 0 Å². The molecule has 1 aliphatic heterocycles. The van der Waals surface area contributed by atoms with E-state index in [-0.39, 0.29) is 36.0 Å². The number of aromatic nitrogens is 2. The van der Waals surface area contributed by atoms with Crippen LogP contribution in [-0.2, 0) is 17.8 Å². The number of thioether (sulfide) groups is 1. The number of amides is 3. The smallest absolute Gasteiger partial charge is 0.272 e. The van der Waals surface area contributed by atoms with Crippen LogP contribution in [0.1, 0.15) is 65.6 Å². The van der Waals surface area contributed by atoms with Gasteiger partial charge in [0.1, 0.15) is 11.2 Å². The molecule has 3 amide bonds. The molecule has 1 aromatic heterocycles. The predicted molar refractivity (Wildman–Crippen MR) is 132 cm³/mol. The van der Waals surface area contributed by atoms with E-state index in [0.717, 1.165) is 31.2 Å². The molecule has 1 fully saturated rings. The predicted octanol–water partition coefficient (Wildman–Crippen LogP) is 2.87. The highest BCUT2D eigenvalue weighted by Gasteiger charge is 2.46. The van der Waals surface area contributed by atoms with Crippen molar-refractivity contribution in [3.8, 4) is 0 Å². The first-order chi connectivity index (χ1) is 16.3. The first kappa shape index (κ1) is 24.3. The fraction of sp³-hybridized carbons (Fsp3) is 0.520. The van der Waals surface area contributed by atoms with Gasteiger partial charge in [-0.3, -0.25) is 19.1 Å². The average molecular weight is 484 g/mol. The molecule has 1 atom stereocenters. The Morgan fingerprint density at radius 2 is 1.88 bits per heavy atom. The summed E-state index contributed by atoms with van der Waals surface area (Å²) < 4.78 is 1.50. The van der Waals surface area contributed by atoms with Crippen LogP contribution in [-0.4, -0.2) is 63.8 Å². The van der Waals surface area contributed by atoms with E-state index in [1.54, 1.807) is 25.7 Å². The maximum atomic E-state index is 13.2. The second-order valence-corrected chi connectivity index (χ2v) is 10.3. The Morgan fingerprint density at radius 3 is 2.56 bits per heavy atom. The molecule has 0 bridgehead atoms. The minimum atomic E-state index is -1.07. The van der Waals surface area contributed by atoms with Crippen LogP contribution < -0.4 is 10.6 Å². The van der Waals surface area contributed by atoms with E-state index in [9.17, 15) is 14.4 Å². The lowest BCUT2D eigenvalue weighted by atomic mass is 9.92. The van der Waals surface area contributed by atoms with Gasteiger partial charge < -0.3 is 15.5 Å². The molecule has 9 heteroatoms. The zero-order valence-corrected chi connectivity index (χ0v) is 20.9. The normalized spacial score (nSPS) is 20.7. The monoisotopic (exact) mass is 483 g/mol. The third-order valence-corrected chi connectivity index (χ3v) is 7.77. The molecule has 182 valence electrons. The van der Waals surface area contributed by atoms with E-state index in [1.807, 2.05) is 6.26 Å². The first-order valence-corrected chi connectivity index (χ1v) is 13.1. The van der Waals surface area contributed by atoms with Gasteiger partial charge in [-0.25, -0.2) is 0 Å². The van der Waals surface area contributed by atoms with Gasteiger partial charge in [-0.1, -0.05) is 31.4 Å². The Balaban J connectivity index is 1.40. The fourth-order valence-electron chi connectivity index (χ4n) is 4.63. The van der Waals surface area contributed by atoms with Crippen molar-refractivity contribution in [1.82, 2.24) is 25.3 Å². The van der Waals surface area contributed by atoms with Crippen molar-refractivity contribution in [2.45, 2.75) is 68.5 Å². The standard InChI is InChI=1S/C25H33N5O3S/c1-25(24(33)27-18-7-5-4-6-8-18)16-30-21(23(32)29(25)2)15-20(28-30)22(31)26-14-13-17-9-11-19(34-3)12-10-17/h9-12,15,18H,4-8,13-14,16H2,1-3H3,(H,26,31)(H,27,33)/t25-/m1/s1. The highest BCUT2D eigenvalue weighted by molar-refractivity contribution is 7.98. The summed E-state index contributed by atoms with van der Waals surface area (Å²) in [4.78, 5) is 41.6. The van der Waals surface area contributed by atoms with Gasteiger partial charge in [0.25, 0.3) is 11.8 Å². The van der Waals surface area contributed by atoms with Crippen LogP contribution >= 0.6 is 11.8 Å². The summed E-state index contributed by atoms with van der Waals surface area (Å²) in [5.74, 6) is -0.811. The molecule has 4 rings (SSSR count). The van der Waals surface area contributed by atoms with Gasteiger partial charge in [-0.2, -0.15) is 5.10 Å². The van der Waals surface area contributed by atoms with Gasteiger partial charge in [0, 0.05) is 30.6 Å². The van der Waals surface area contributed by atoms with Gasteiger partial charge in [0.05, 0.1) is 6.54 Å². The lowest BCUT2D eigenvalue weighted by molar-refractivity contribution is -0.133. The number of hydrogen-bond acceptors (Lipinski definition) is 5. The van der Waals surface area contributed by atoms with Crippen molar-refractivity contribution >= 4 is 29.5 Å². The molecule has 8 nitrogen and oxygen atoms in total. The Kier molecular flexibility index (Phi) is 7.30. The first-order valence-electron chi connectivity index (χ1n) is 11.9. The number of benzene rings is 1. The molecule has 0 radical (unpaired) electrons. The Morgan fingerprint density at radius 1 is 1.18 bits per heavy atom. The van der Waals surface area contributed by atoms with Crippen molar-refractivity contribution in [2.75, 3.05) is 19.8 Å². The average Bonchev–Trinajstić information content (AvgIpc) is 3.27. The third-order valence-electron chi connectivity index (χ3n) is 7.02. The second kappa shape index (κ2) is 10.2. The lowest BCUT2D eigenvalue weighted by Crippen LogP contribution is -2.63. The number of nitrogens with zero attached hydrogens (tertiary/aromatic N) is 3. The maximum absolute atomic E-state index is 13.2. The summed E-state index contributed by atoms with van der Waals surface area (Å²) in [7, 11) is 1.64. The molecule has 0 spiro atoms. The van der Waals surface area contributed by atoms with Crippen molar-refractivity contribution in [2.24, 2.45) is 0 Å². The molecule has 2 heterocycles. The van der Waals surface area contributed by atoms with E-state index in [4.69, 9.17) is 0 Å². The van der Waals surface area contributed by atoms with Crippen LogP contribution in [0, 0.1) is 0 Å². The van der Waals surface area contributed by atoms with E-state index in [0.29, 0.717) is 18.7 Å². The second-order valence-electron chi connectivity index (χ2n) is 9.37. The maximum Gasteiger partial charge on any atom is 0.272 e. The Bertz CT molecular complexity index is 1060. The lowest BCUT2D eigenvalue weighted by Gasteiger charge is -2.41. The zero-order valence-electron chi connectivity index (χ0n) is 20.1. The van der Waals surface area contributed by atoms with Crippen LogP contribution in [0.2, 0.25) is 0 Å². The topological polar surface area (TPSA) is 96.3 Å². The number of hydrogen-bond donors (Lipinski definition) is 2. The Hall–Kier alpha value is -2.81. The summed E-state index contributed by atoms with van der Waals surface area (Å²) in [6.07, 6.45) is 8.11. The number of carbonyl (C=O) groups excluding carboxylic acids is 3. The summed E-state index contributed by atoms with van der Waals surface area (Å²) in [6.45, 7) is 2.43. The van der Waals surface area contributed by atoms with Crippen LogP contribution in [0.3, 0.4) is 0 Å². The zero-order chi connectivity index (χ0) is 24.3. The SMILES string of the molecule is CSc1ccc(CCNC(=O)c2cc3n(n2)C[C@](C)(C(=O)NC2CCCCC2)N(C)C3=O)cc1.